The Kier molecular flexibility index (Phi) is 6.48. The number of anilines is 2. The maximum atomic E-state index is 12.7. The van der Waals surface area contributed by atoms with E-state index in [0.29, 0.717) is 23.8 Å². The number of benzene rings is 2. The number of hydrogen-bond donors (Lipinski definition) is 2. The molecule has 0 aliphatic carbocycles. The maximum absolute atomic E-state index is 12.7. The third-order valence-electron chi connectivity index (χ3n) is 5.08. The minimum absolute atomic E-state index is 0.0581. The molecule has 0 spiro atoms. The highest BCUT2D eigenvalue weighted by atomic mass is 35.5. The first kappa shape index (κ1) is 21.3. The minimum atomic E-state index is -0.323. The van der Waals surface area contributed by atoms with Gasteiger partial charge in [0.25, 0.3) is 5.91 Å². The van der Waals surface area contributed by atoms with Crippen LogP contribution >= 0.6 is 22.9 Å². The Morgan fingerprint density at radius 1 is 1.10 bits per heavy atom. The van der Waals surface area contributed by atoms with Gasteiger partial charge in [0.15, 0.2) is 0 Å². The number of hydrogen-bond acceptors (Lipinski definition) is 5. The highest BCUT2D eigenvalue weighted by Gasteiger charge is 2.28. The van der Waals surface area contributed by atoms with E-state index in [1.807, 2.05) is 31.2 Å². The van der Waals surface area contributed by atoms with E-state index in [1.54, 1.807) is 29.2 Å². The molecule has 0 radical (unpaired) electrons. The number of nitrogens with zero attached hydrogens (tertiary/aromatic N) is 3. The maximum Gasteiger partial charge on any atom is 0.321 e. The fraction of sp³-hybridized carbons (Fsp3) is 0.273. The fourth-order valence-corrected chi connectivity index (χ4v) is 4.50. The average Bonchev–Trinajstić information content (AvgIpc) is 3.26. The highest BCUT2D eigenvalue weighted by molar-refractivity contribution is 7.13. The van der Waals surface area contributed by atoms with E-state index in [1.165, 1.54) is 11.3 Å². The summed E-state index contributed by atoms with van der Waals surface area (Å²) in [7, 11) is 0. The first-order valence-corrected chi connectivity index (χ1v) is 11.2. The molecule has 160 valence electrons. The number of aromatic nitrogens is 2. The lowest BCUT2D eigenvalue weighted by Crippen LogP contribution is -2.41. The van der Waals surface area contributed by atoms with Gasteiger partial charge in [-0.05, 0) is 50.1 Å². The summed E-state index contributed by atoms with van der Waals surface area (Å²) in [4.78, 5) is 27.0. The predicted molar refractivity (Wildman–Crippen MR) is 123 cm³/mol. The largest absolute Gasteiger partial charge is 0.324 e. The molecular weight excluding hydrogens is 434 g/mol. The van der Waals surface area contributed by atoms with Gasteiger partial charge >= 0.3 is 6.03 Å². The summed E-state index contributed by atoms with van der Waals surface area (Å²) in [5.74, 6) is -0.265. The summed E-state index contributed by atoms with van der Waals surface area (Å²) in [6, 6.07) is 14.5. The molecular formula is C22H22ClN5O2S. The molecule has 3 amide bonds. The molecule has 3 aromatic rings. The molecule has 2 aromatic carbocycles. The molecule has 4 rings (SSSR count). The monoisotopic (exact) mass is 455 g/mol. The van der Waals surface area contributed by atoms with Crippen molar-refractivity contribution in [1.29, 1.82) is 0 Å². The molecule has 2 N–H and O–H groups in total. The zero-order valence-corrected chi connectivity index (χ0v) is 18.5. The average molecular weight is 456 g/mol. The van der Waals surface area contributed by atoms with E-state index in [-0.39, 0.29) is 22.9 Å². The smallest absolute Gasteiger partial charge is 0.321 e. The summed E-state index contributed by atoms with van der Waals surface area (Å²) in [5.41, 5.74) is 2.52. The number of amides is 3. The number of urea groups is 1. The van der Waals surface area contributed by atoms with Crippen molar-refractivity contribution in [3.05, 3.63) is 69.1 Å². The van der Waals surface area contributed by atoms with Crippen LogP contribution < -0.4 is 10.6 Å². The molecule has 7 nitrogen and oxygen atoms in total. The van der Waals surface area contributed by atoms with Crippen LogP contribution in [0.4, 0.5) is 16.2 Å². The Bertz CT molecular complexity index is 1090. The van der Waals surface area contributed by atoms with Gasteiger partial charge in [0.2, 0.25) is 5.01 Å². The third kappa shape index (κ3) is 5.39. The van der Waals surface area contributed by atoms with E-state index in [9.17, 15) is 9.59 Å². The van der Waals surface area contributed by atoms with Crippen molar-refractivity contribution in [3.63, 3.8) is 0 Å². The standard InChI is InChI=1S/C22H22ClN5O2S/c1-14-7-9-17(10-8-14)25-22(30)28-11-3-4-15(13-28)20-26-27-21(31-20)19(29)24-18-6-2-5-16(23)12-18/h2,5-10,12,15H,3-4,11,13H2,1H3,(H,24,29)(H,25,30). The van der Waals surface area contributed by atoms with Crippen molar-refractivity contribution < 1.29 is 9.59 Å². The Balaban J connectivity index is 1.38. The van der Waals surface area contributed by atoms with E-state index >= 15 is 0 Å². The van der Waals surface area contributed by atoms with Crippen molar-refractivity contribution in [2.24, 2.45) is 0 Å². The van der Waals surface area contributed by atoms with Crippen LogP contribution in [0.3, 0.4) is 0 Å². The second-order valence-electron chi connectivity index (χ2n) is 7.49. The summed E-state index contributed by atoms with van der Waals surface area (Å²) < 4.78 is 0. The molecule has 0 bridgehead atoms. The number of rotatable bonds is 4. The van der Waals surface area contributed by atoms with Gasteiger partial charge in [-0.1, -0.05) is 46.7 Å². The molecule has 1 saturated heterocycles. The summed E-state index contributed by atoms with van der Waals surface area (Å²) in [6.45, 7) is 3.24. The highest BCUT2D eigenvalue weighted by Crippen LogP contribution is 2.30. The van der Waals surface area contributed by atoms with Crippen molar-refractivity contribution >= 4 is 46.3 Å². The SMILES string of the molecule is Cc1ccc(NC(=O)N2CCCC(c3nnc(C(=O)Nc4cccc(Cl)c4)s3)C2)cc1. The van der Waals surface area contributed by atoms with Gasteiger partial charge in [-0.15, -0.1) is 10.2 Å². The Morgan fingerprint density at radius 2 is 1.90 bits per heavy atom. The Hall–Kier alpha value is -2.97. The summed E-state index contributed by atoms with van der Waals surface area (Å²) in [6.07, 6.45) is 1.77. The summed E-state index contributed by atoms with van der Waals surface area (Å²) >= 11 is 7.23. The van der Waals surface area contributed by atoms with E-state index in [0.717, 1.165) is 29.1 Å². The van der Waals surface area contributed by atoms with Crippen LogP contribution in [0.5, 0.6) is 0 Å². The molecule has 1 aliphatic heterocycles. The number of carbonyl (C=O) groups excluding carboxylic acids is 2. The van der Waals surface area contributed by atoms with Gasteiger partial charge in [0.1, 0.15) is 5.01 Å². The predicted octanol–water partition coefficient (Wildman–Crippen LogP) is 5.16. The van der Waals surface area contributed by atoms with Crippen LogP contribution in [0.25, 0.3) is 0 Å². The fourth-order valence-electron chi connectivity index (χ4n) is 3.44. The van der Waals surface area contributed by atoms with Gasteiger partial charge in [0.05, 0.1) is 0 Å². The van der Waals surface area contributed by atoms with Crippen LogP contribution in [0.1, 0.15) is 39.1 Å². The normalized spacial score (nSPS) is 16.1. The first-order valence-electron chi connectivity index (χ1n) is 10.0. The molecule has 0 saturated carbocycles. The number of aryl methyl sites for hydroxylation is 1. The van der Waals surface area contributed by atoms with Gasteiger partial charge < -0.3 is 15.5 Å². The second kappa shape index (κ2) is 9.45. The third-order valence-corrected chi connectivity index (χ3v) is 6.40. The van der Waals surface area contributed by atoms with Crippen LogP contribution in [0.2, 0.25) is 5.02 Å². The number of halogens is 1. The Labute approximate surface area is 189 Å². The van der Waals surface area contributed by atoms with Gasteiger partial charge in [0, 0.05) is 35.4 Å². The number of carbonyl (C=O) groups is 2. The zero-order valence-electron chi connectivity index (χ0n) is 17.0. The lowest BCUT2D eigenvalue weighted by atomic mass is 9.99. The molecule has 1 atom stereocenters. The molecule has 1 aromatic heterocycles. The molecule has 1 unspecified atom stereocenters. The zero-order chi connectivity index (χ0) is 21.8. The van der Waals surface area contributed by atoms with Crippen LogP contribution in [0.15, 0.2) is 48.5 Å². The molecule has 1 aliphatic rings. The van der Waals surface area contributed by atoms with Gasteiger partial charge in [-0.25, -0.2) is 4.79 Å². The molecule has 31 heavy (non-hydrogen) atoms. The quantitative estimate of drug-likeness (QED) is 0.568. The van der Waals surface area contributed by atoms with Crippen LogP contribution in [-0.2, 0) is 0 Å². The van der Waals surface area contributed by atoms with Crippen molar-refractivity contribution in [1.82, 2.24) is 15.1 Å². The van der Waals surface area contributed by atoms with Crippen LogP contribution in [0, 0.1) is 6.92 Å². The van der Waals surface area contributed by atoms with Crippen molar-refractivity contribution in [2.45, 2.75) is 25.7 Å². The van der Waals surface area contributed by atoms with E-state index < -0.39 is 0 Å². The van der Waals surface area contributed by atoms with Crippen LogP contribution in [-0.4, -0.2) is 40.1 Å². The molecule has 2 heterocycles. The van der Waals surface area contributed by atoms with Gasteiger partial charge in [-0.3, -0.25) is 4.79 Å². The first-order chi connectivity index (χ1) is 15.0. The van der Waals surface area contributed by atoms with E-state index in [2.05, 4.69) is 20.8 Å². The minimum Gasteiger partial charge on any atom is -0.324 e. The lowest BCUT2D eigenvalue weighted by Gasteiger charge is -2.31. The molecule has 1 fully saturated rings. The molecule has 9 heteroatoms. The number of likely N-dealkylation sites (tertiary alicyclic amines) is 1. The lowest BCUT2D eigenvalue weighted by molar-refractivity contribution is 0.102. The second-order valence-corrected chi connectivity index (χ2v) is 8.94. The summed E-state index contributed by atoms with van der Waals surface area (Å²) in [5, 5.41) is 15.6. The topological polar surface area (TPSA) is 87.2 Å². The van der Waals surface area contributed by atoms with Gasteiger partial charge in [-0.2, -0.15) is 0 Å². The van der Waals surface area contributed by atoms with Crippen molar-refractivity contribution in [2.75, 3.05) is 23.7 Å². The number of piperidine rings is 1. The van der Waals surface area contributed by atoms with E-state index in [4.69, 9.17) is 11.6 Å². The van der Waals surface area contributed by atoms with Crippen molar-refractivity contribution in [3.8, 4) is 0 Å². The Morgan fingerprint density at radius 3 is 2.68 bits per heavy atom. The number of nitrogens with one attached hydrogen (secondary N) is 2.